The molecule has 0 bridgehead atoms. The number of aromatic nitrogens is 1. The number of halogens is 1. The Balaban J connectivity index is 2.00. The number of nitrogens with one attached hydrogen (secondary N) is 1. The lowest BCUT2D eigenvalue weighted by atomic mass is 9.90. The molecule has 4 heteroatoms. The molecule has 0 saturated carbocycles. The van der Waals surface area contributed by atoms with Crippen LogP contribution < -0.4 is 5.32 Å². The maximum Gasteiger partial charge on any atom is 0.223 e. The average Bonchev–Trinajstić information content (AvgIpc) is 2.52. The molecule has 0 saturated heterocycles. The van der Waals surface area contributed by atoms with Crippen molar-refractivity contribution in [2.75, 3.05) is 0 Å². The zero-order valence-electron chi connectivity index (χ0n) is 13.6. The van der Waals surface area contributed by atoms with Gasteiger partial charge in [-0.2, -0.15) is 0 Å². The van der Waals surface area contributed by atoms with E-state index in [9.17, 15) is 4.79 Å². The van der Waals surface area contributed by atoms with Crippen LogP contribution in [0, 0.1) is 11.8 Å². The minimum atomic E-state index is -0.0130. The predicted molar refractivity (Wildman–Crippen MR) is 96.9 cm³/mol. The van der Waals surface area contributed by atoms with Gasteiger partial charge in [-0.3, -0.25) is 9.78 Å². The minimum Gasteiger partial charge on any atom is -0.352 e. The van der Waals surface area contributed by atoms with E-state index in [4.69, 9.17) is 0 Å². The fourth-order valence-corrected chi connectivity index (χ4v) is 3.08. The monoisotopic (exact) mass is 374 g/mol. The molecule has 0 spiro atoms. The third-order valence-corrected chi connectivity index (χ3v) is 4.18. The SMILES string of the molecule is CC(C)CC(Cc1cccc(Br)c1)C(=O)NCc1cccnc1. The van der Waals surface area contributed by atoms with Gasteiger partial charge >= 0.3 is 0 Å². The molecule has 0 radical (unpaired) electrons. The van der Waals surface area contributed by atoms with Gasteiger partial charge in [0.15, 0.2) is 0 Å². The first-order valence-electron chi connectivity index (χ1n) is 7.95. The molecular formula is C19H23BrN2O. The number of nitrogens with zero attached hydrogens (tertiary/aromatic N) is 1. The van der Waals surface area contributed by atoms with Crippen molar-refractivity contribution >= 4 is 21.8 Å². The Labute approximate surface area is 146 Å². The number of hydrogen-bond donors (Lipinski definition) is 1. The Morgan fingerprint density at radius 1 is 1.22 bits per heavy atom. The fourth-order valence-electron chi connectivity index (χ4n) is 2.64. The van der Waals surface area contributed by atoms with Gasteiger partial charge in [-0.15, -0.1) is 0 Å². The summed E-state index contributed by atoms with van der Waals surface area (Å²) in [5.41, 5.74) is 2.20. The molecule has 122 valence electrons. The van der Waals surface area contributed by atoms with Gasteiger partial charge in [0.25, 0.3) is 0 Å². The van der Waals surface area contributed by atoms with E-state index in [1.165, 1.54) is 5.56 Å². The normalized spacial score (nSPS) is 12.2. The van der Waals surface area contributed by atoms with Crippen molar-refractivity contribution in [2.45, 2.75) is 33.2 Å². The van der Waals surface area contributed by atoms with Crippen LogP contribution in [0.1, 0.15) is 31.4 Å². The number of carbonyl (C=O) groups is 1. The van der Waals surface area contributed by atoms with E-state index < -0.39 is 0 Å². The minimum absolute atomic E-state index is 0.0130. The second-order valence-corrected chi connectivity index (χ2v) is 7.16. The second-order valence-electron chi connectivity index (χ2n) is 6.24. The average molecular weight is 375 g/mol. The maximum absolute atomic E-state index is 12.6. The van der Waals surface area contributed by atoms with Gasteiger partial charge in [0.05, 0.1) is 0 Å². The zero-order chi connectivity index (χ0) is 16.7. The Morgan fingerprint density at radius 2 is 2.00 bits per heavy atom. The highest BCUT2D eigenvalue weighted by molar-refractivity contribution is 9.10. The van der Waals surface area contributed by atoms with Crippen LogP contribution in [-0.4, -0.2) is 10.9 Å². The molecule has 2 rings (SSSR count). The van der Waals surface area contributed by atoms with Crippen molar-refractivity contribution in [3.05, 3.63) is 64.4 Å². The Kier molecular flexibility index (Phi) is 6.78. The van der Waals surface area contributed by atoms with E-state index in [2.05, 4.69) is 52.2 Å². The standard InChI is InChI=1S/C19H23BrN2O/c1-14(2)9-17(10-15-5-3-7-18(20)11-15)19(23)22-13-16-6-4-8-21-12-16/h3-8,11-12,14,17H,9-10,13H2,1-2H3,(H,22,23). The molecule has 1 aromatic heterocycles. The third-order valence-electron chi connectivity index (χ3n) is 3.69. The van der Waals surface area contributed by atoms with E-state index in [1.54, 1.807) is 12.4 Å². The lowest BCUT2D eigenvalue weighted by molar-refractivity contribution is -0.125. The topological polar surface area (TPSA) is 42.0 Å². The van der Waals surface area contributed by atoms with Crippen molar-refractivity contribution in [3.63, 3.8) is 0 Å². The highest BCUT2D eigenvalue weighted by atomic mass is 79.9. The smallest absolute Gasteiger partial charge is 0.223 e. The van der Waals surface area contributed by atoms with Crippen LogP contribution in [0.5, 0.6) is 0 Å². The maximum atomic E-state index is 12.6. The van der Waals surface area contributed by atoms with Crippen molar-refractivity contribution < 1.29 is 4.79 Å². The first-order chi connectivity index (χ1) is 11.0. The van der Waals surface area contributed by atoms with Gasteiger partial charge in [0.1, 0.15) is 0 Å². The van der Waals surface area contributed by atoms with E-state index in [0.717, 1.165) is 22.9 Å². The number of benzene rings is 1. The predicted octanol–water partition coefficient (Wildman–Crippen LogP) is 4.37. The summed E-state index contributed by atoms with van der Waals surface area (Å²) in [6.45, 7) is 4.84. The van der Waals surface area contributed by atoms with E-state index in [-0.39, 0.29) is 11.8 Å². The van der Waals surface area contributed by atoms with Crippen molar-refractivity contribution in [1.82, 2.24) is 10.3 Å². The van der Waals surface area contributed by atoms with Crippen molar-refractivity contribution in [3.8, 4) is 0 Å². The fraction of sp³-hybridized carbons (Fsp3) is 0.368. The largest absolute Gasteiger partial charge is 0.352 e. The van der Waals surface area contributed by atoms with E-state index >= 15 is 0 Å². The Hall–Kier alpha value is -1.68. The number of amides is 1. The summed E-state index contributed by atoms with van der Waals surface area (Å²) < 4.78 is 1.05. The van der Waals surface area contributed by atoms with Crippen LogP contribution in [0.3, 0.4) is 0 Å². The Bertz CT molecular complexity index is 628. The molecule has 0 fully saturated rings. The van der Waals surface area contributed by atoms with Gasteiger partial charge in [-0.1, -0.05) is 48.0 Å². The zero-order valence-corrected chi connectivity index (χ0v) is 15.2. The Morgan fingerprint density at radius 3 is 2.65 bits per heavy atom. The molecule has 2 aromatic rings. The summed E-state index contributed by atoms with van der Waals surface area (Å²) in [6.07, 6.45) is 5.16. The molecule has 1 N–H and O–H groups in total. The summed E-state index contributed by atoms with van der Waals surface area (Å²) in [5, 5.41) is 3.05. The summed E-state index contributed by atoms with van der Waals surface area (Å²) in [7, 11) is 0. The van der Waals surface area contributed by atoms with Crippen LogP contribution in [0.2, 0.25) is 0 Å². The summed E-state index contributed by atoms with van der Waals surface area (Å²) >= 11 is 3.49. The second kappa shape index (κ2) is 8.82. The lowest BCUT2D eigenvalue weighted by Gasteiger charge is -2.19. The number of hydrogen-bond acceptors (Lipinski definition) is 2. The first kappa shape index (κ1) is 17.7. The molecule has 1 heterocycles. The highest BCUT2D eigenvalue weighted by Crippen LogP contribution is 2.20. The highest BCUT2D eigenvalue weighted by Gasteiger charge is 2.20. The molecule has 0 aliphatic carbocycles. The number of carbonyl (C=O) groups excluding carboxylic acids is 1. The first-order valence-corrected chi connectivity index (χ1v) is 8.75. The summed E-state index contributed by atoms with van der Waals surface area (Å²) in [4.78, 5) is 16.7. The molecule has 23 heavy (non-hydrogen) atoms. The van der Waals surface area contributed by atoms with Crippen molar-refractivity contribution in [1.29, 1.82) is 0 Å². The molecule has 0 aliphatic heterocycles. The molecule has 1 amide bonds. The quantitative estimate of drug-likeness (QED) is 0.781. The van der Waals surface area contributed by atoms with Crippen LogP contribution in [0.4, 0.5) is 0 Å². The molecule has 0 aliphatic rings. The summed E-state index contributed by atoms with van der Waals surface area (Å²) in [6, 6.07) is 12.0. The van der Waals surface area contributed by atoms with Gasteiger partial charge in [-0.05, 0) is 48.1 Å². The van der Waals surface area contributed by atoms with Crippen LogP contribution in [0.15, 0.2) is 53.3 Å². The molecular weight excluding hydrogens is 352 g/mol. The van der Waals surface area contributed by atoms with Crippen LogP contribution >= 0.6 is 15.9 Å². The molecule has 1 unspecified atom stereocenters. The molecule has 1 aromatic carbocycles. The number of pyridine rings is 1. The van der Waals surface area contributed by atoms with Gasteiger partial charge in [-0.25, -0.2) is 0 Å². The summed E-state index contributed by atoms with van der Waals surface area (Å²) in [5.74, 6) is 0.583. The van der Waals surface area contributed by atoms with E-state index in [0.29, 0.717) is 12.5 Å². The van der Waals surface area contributed by atoms with Gasteiger partial charge in [0.2, 0.25) is 5.91 Å². The third kappa shape index (κ3) is 6.14. The van der Waals surface area contributed by atoms with Crippen LogP contribution in [-0.2, 0) is 17.8 Å². The van der Waals surface area contributed by atoms with Crippen LogP contribution in [0.25, 0.3) is 0 Å². The lowest BCUT2D eigenvalue weighted by Crippen LogP contribution is -2.32. The van der Waals surface area contributed by atoms with Crippen molar-refractivity contribution in [2.24, 2.45) is 11.8 Å². The molecule has 1 atom stereocenters. The number of rotatable bonds is 7. The molecule has 3 nitrogen and oxygen atoms in total. The van der Waals surface area contributed by atoms with E-state index in [1.807, 2.05) is 24.3 Å². The van der Waals surface area contributed by atoms with Gasteiger partial charge in [0, 0.05) is 29.3 Å². The van der Waals surface area contributed by atoms with Gasteiger partial charge < -0.3 is 5.32 Å².